The van der Waals surface area contributed by atoms with Gasteiger partial charge in [-0.2, -0.15) is 0 Å². The van der Waals surface area contributed by atoms with Gasteiger partial charge in [-0.05, 0) is 31.4 Å². The number of carbonyl (C=O) groups excluding carboxylic acids is 2. The van der Waals surface area contributed by atoms with Gasteiger partial charge < -0.3 is 15.3 Å². The topological polar surface area (TPSA) is 86.7 Å². The Morgan fingerprint density at radius 2 is 2.04 bits per heavy atom. The second-order valence-electron chi connectivity index (χ2n) is 7.18. The largest absolute Gasteiger partial charge is 0.480 e. The maximum absolute atomic E-state index is 13.7. The SMILES string of the molecule is CC1(C(=O)O)CC(F)(F)CN1C(=O)CCC1Cc2ccccc2NC1=O. The number of hydrogen-bond donors (Lipinski definition) is 2. The summed E-state index contributed by atoms with van der Waals surface area (Å²) in [5.41, 5.74) is -0.243. The molecule has 0 spiro atoms. The highest BCUT2D eigenvalue weighted by molar-refractivity contribution is 5.96. The summed E-state index contributed by atoms with van der Waals surface area (Å²) in [4.78, 5) is 36.8. The minimum absolute atomic E-state index is 0.154. The van der Waals surface area contributed by atoms with Crippen LogP contribution in [-0.2, 0) is 20.8 Å². The van der Waals surface area contributed by atoms with Gasteiger partial charge in [0.1, 0.15) is 5.54 Å². The molecule has 0 bridgehead atoms. The Hall–Kier alpha value is -2.51. The van der Waals surface area contributed by atoms with E-state index in [1.807, 2.05) is 18.2 Å². The maximum atomic E-state index is 13.7. The summed E-state index contributed by atoms with van der Waals surface area (Å²) in [5.74, 6) is -6.02. The van der Waals surface area contributed by atoms with Gasteiger partial charge in [-0.15, -0.1) is 0 Å². The Morgan fingerprint density at radius 1 is 1.35 bits per heavy atom. The number of alkyl halides is 2. The van der Waals surface area contributed by atoms with Crippen LogP contribution in [0.3, 0.4) is 0 Å². The van der Waals surface area contributed by atoms with Crippen molar-refractivity contribution in [3.05, 3.63) is 29.8 Å². The van der Waals surface area contributed by atoms with E-state index in [0.717, 1.165) is 23.1 Å². The molecule has 2 N–H and O–H groups in total. The molecule has 3 rings (SSSR count). The summed E-state index contributed by atoms with van der Waals surface area (Å²) in [6, 6.07) is 7.33. The molecule has 1 fully saturated rings. The van der Waals surface area contributed by atoms with Crippen LogP contribution >= 0.6 is 0 Å². The molecule has 2 unspecified atom stereocenters. The van der Waals surface area contributed by atoms with Gasteiger partial charge in [0.2, 0.25) is 11.8 Å². The molecule has 0 saturated carbocycles. The number of rotatable bonds is 4. The Labute approximate surface area is 149 Å². The van der Waals surface area contributed by atoms with Crippen LogP contribution in [0.2, 0.25) is 0 Å². The van der Waals surface area contributed by atoms with Gasteiger partial charge in [0.25, 0.3) is 5.92 Å². The number of hydrogen-bond acceptors (Lipinski definition) is 3. The first-order valence-corrected chi connectivity index (χ1v) is 8.43. The lowest BCUT2D eigenvalue weighted by atomic mass is 9.89. The van der Waals surface area contributed by atoms with Crippen molar-refractivity contribution in [1.29, 1.82) is 0 Å². The van der Waals surface area contributed by atoms with Gasteiger partial charge >= 0.3 is 5.97 Å². The van der Waals surface area contributed by atoms with Gasteiger partial charge in [-0.1, -0.05) is 18.2 Å². The monoisotopic (exact) mass is 366 g/mol. The van der Waals surface area contributed by atoms with E-state index in [1.165, 1.54) is 0 Å². The summed E-state index contributed by atoms with van der Waals surface area (Å²) >= 11 is 0. The fraction of sp³-hybridized carbons (Fsp3) is 0.500. The molecule has 1 aromatic rings. The third-order valence-electron chi connectivity index (χ3n) is 5.17. The Morgan fingerprint density at radius 3 is 2.73 bits per heavy atom. The number of para-hydroxylation sites is 1. The molecule has 140 valence electrons. The Kier molecular flexibility index (Phi) is 4.46. The van der Waals surface area contributed by atoms with Crippen molar-refractivity contribution in [1.82, 2.24) is 4.90 Å². The minimum atomic E-state index is -3.23. The molecule has 8 heteroatoms. The van der Waals surface area contributed by atoms with Crippen LogP contribution in [0.1, 0.15) is 31.7 Å². The van der Waals surface area contributed by atoms with E-state index >= 15 is 0 Å². The Bertz CT molecular complexity index is 767. The molecule has 1 saturated heterocycles. The molecule has 0 aliphatic carbocycles. The molecule has 6 nitrogen and oxygen atoms in total. The second kappa shape index (κ2) is 6.34. The highest BCUT2D eigenvalue weighted by Gasteiger charge is 2.58. The van der Waals surface area contributed by atoms with E-state index in [0.29, 0.717) is 6.42 Å². The van der Waals surface area contributed by atoms with Crippen molar-refractivity contribution < 1.29 is 28.3 Å². The van der Waals surface area contributed by atoms with E-state index in [1.54, 1.807) is 6.07 Å². The summed E-state index contributed by atoms with van der Waals surface area (Å²) in [6.07, 6.45) is -0.421. The molecule has 1 aromatic carbocycles. The quantitative estimate of drug-likeness (QED) is 0.856. The first kappa shape index (κ1) is 18.3. The van der Waals surface area contributed by atoms with E-state index in [-0.39, 0.29) is 18.7 Å². The zero-order valence-electron chi connectivity index (χ0n) is 14.3. The lowest BCUT2D eigenvalue weighted by molar-refractivity contribution is -0.155. The van der Waals surface area contributed by atoms with E-state index in [2.05, 4.69) is 5.32 Å². The highest BCUT2D eigenvalue weighted by atomic mass is 19.3. The lowest BCUT2D eigenvalue weighted by Crippen LogP contribution is -2.50. The first-order chi connectivity index (χ1) is 12.1. The van der Waals surface area contributed by atoms with Crippen LogP contribution in [0.5, 0.6) is 0 Å². The molecule has 26 heavy (non-hydrogen) atoms. The molecular formula is C18H20F2N2O4. The number of anilines is 1. The number of halogens is 2. The van der Waals surface area contributed by atoms with Crippen LogP contribution in [0.15, 0.2) is 24.3 Å². The number of aliphatic carboxylic acids is 1. The third-order valence-corrected chi connectivity index (χ3v) is 5.17. The standard InChI is InChI=1S/C18H20F2N2O4/c1-17(16(25)26)9-18(19,20)10-22(17)14(23)7-6-12-8-11-4-2-3-5-13(11)21-15(12)24/h2-5,12H,6-10H2,1H3,(H,21,24)(H,25,26). The van der Waals surface area contributed by atoms with Crippen LogP contribution in [0, 0.1) is 5.92 Å². The highest BCUT2D eigenvalue weighted by Crippen LogP contribution is 2.40. The second-order valence-corrected chi connectivity index (χ2v) is 7.18. The Balaban J connectivity index is 1.67. The summed E-state index contributed by atoms with van der Waals surface area (Å²) in [5, 5.41) is 12.1. The van der Waals surface area contributed by atoms with E-state index in [4.69, 9.17) is 0 Å². The molecule has 2 atom stereocenters. The van der Waals surface area contributed by atoms with Crippen LogP contribution in [0.4, 0.5) is 14.5 Å². The van der Waals surface area contributed by atoms with Crippen LogP contribution in [-0.4, -0.2) is 45.8 Å². The van der Waals surface area contributed by atoms with Gasteiger partial charge in [0, 0.05) is 24.4 Å². The fourth-order valence-corrected chi connectivity index (χ4v) is 3.69. The number of nitrogens with zero attached hydrogens (tertiary/aromatic N) is 1. The number of amides is 2. The number of carbonyl (C=O) groups is 3. The minimum Gasteiger partial charge on any atom is -0.480 e. The number of fused-ring (bicyclic) bond motifs is 1. The normalized spacial score (nSPS) is 27.0. The van der Waals surface area contributed by atoms with Crippen molar-refractivity contribution in [3.63, 3.8) is 0 Å². The van der Waals surface area contributed by atoms with Crippen molar-refractivity contribution >= 4 is 23.5 Å². The number of benzene rings is 1. The zero-order chi connectivity index (χ0) is 19.1. The number of nitrogens with one attached hydrogen (secondary N) is 1. The van der Waals surface area contributed by atoms with Crippen LogP contribution < -0.4 is 5.32 Å². The summed E-state index contributed by atoms with van der Waals surface area (Å²) in [7, 11) is 0. The molecular weight excluding hydrogens is 346 g/mol. The number of carboxylic acids is 1. The average molecular weight is 366 g/mol. The van der Waals surface area contributed by atoms with Gasteiger partial charge in [-0.3, -0.25) is 9.59 Å². The van der Waals surface area contributed by atoms with Crippen molar-refractivity contribution in [2.45, 2.75) is 44.1 Å². The summed E-state index contributed by atoms with van der Waals surface area (Å²) < 4.78 is 27.4. The fourth-order valence-electron chi connectivity index (χ4n) is 3.69. The van der Waals surface area contributed by atoms with Crippen LogP contribution in [0.25, 0.3) is 0 Å². The lowest BCUT2D eigenvalue weighted by Gasteiger charge is -2.31. The molecule has 0 radical (unpaired) electrons. The smallest absolute Gasteiger partial charge is 0.329 e. The van der Waals surface area contributed by atoms with Gasteiger partial charge in [0.05, 0.1) is 6.54 Å². The van der Waals surface area contributed by atoms with Gasteiger partial charge in [0.15, 0.2) is 0 Å². The zero-order valence-corrected chi connectivity index (χ0v) is 14.3. The van der Waals surface area contributed by atoms with Crippen molar-refractivity contribution in [3.8, 4) is 0 Å². The average Bonchev–Trinajstić information content (AvgIpc) is 2.83. The summed E-state index contributed by atoms with van der Waals surface area (Å²) in [6.45, 7) is 0.228. The first-order valence-electron chi connectivity index (χ1n) is 8.43. The molecule has 2 amide bonds. The third kappa shape index (κ3) is 3.27. The molecule has 2 aliphatic rings. The van der Waals surface area contributed by atoms with Crippen molar-refractivity contribution in [2.75, 3.05) is 11.9 Å². The number of likely N-dealkylation sites (tertiary alicyclic amines) is 1. The van der Waals surface area contributed by atoms with E-state index < -0.39 is 42.2 Å². The van der Waals surface area contributed by atoms with Gasteiger partial charge in [-0.25, -0.2) is 13.6 Å². The van der Waals surface area contributed by atoms with E-state index in [9.17, 15) is 28.3 Å². The maximum Gasteiger partial charge on any atom is 0.329 e. The molecule has 0 aromatic heterocycles. The number of carboxylic acid groups (broad SMARTS) is 1. The molecule has 2 heterocycles. The predicted molar refractivity (Wildman–Crippen MR) is 88.8 cm³/mol. The van der Waals surface area contributed by atoms with Crippen molar-refractivity contribution in [2.24, 2.45) is 5.92 Å². The predicted octanol–water partition coefficient (Wildman–Crippen LogP) is 2.29. The molecule has 2 aliphatic heterocycles.